The van der Waals surface area contributed by atoms with E-state index in [9.17, 15) is 0 Å². The summed E-state index contributed by atoms with van der Waals surface area (Å²) in [6, 6.07) is 21.2. The van der Waals surface area contributed by atoms with Crippen LogP contribution in [0.2, 0.25) is 0 Å². The maximum Gasteiger partial charge on any atom is 0.0858 e. The predicted octanol–water partition coefficient (Wildman–Crippen LogP) is 5.32. The third-order valence-electron chi connectivity index (χ3n) is 5.09. The van der Waals surface area contributed by atoms with Crippen molar-refractivity contribution < 1.29 is 14.2 Å². The lowest BCUT2D eigenvalue weighted by molar-refractivity contribution is -0.0951. The number of benzene rings is 2. The van der Waals surface area contributed by atoms with Crippen LogP contribution >= 0.6 is 0 Å². The first kappa shape index (κ1) is 24.5. The van der Waals surface area contributed by atoms with Gasteiger partial charge >= 0.3 is 0 Å². The summed E-state index contributed by atoms with van der Waals surface area (Å²) < 4.78 is 17.4. The predicted molar refractivity (Wildman–Crippen MR) is 124 cm³/mol. The molecule has 0 spiro atoms. The van der Waals surface area contributed by atoms with E-state index in [1.165, 1.54) is 11.1 Å². The lowest BCUT2D eigenvalue weighted by atomic mass is 10.1. The minimum Gasteiger partial charge on any atom is -0.382 e. The second-order valence-corrected chi connectivity index (χ2v) is 9.08. The topological polar surface area (TPSA) is 30.9 Å². The van der Waals surface area contributed by atoms with Gasteiger partial charge in [-0.1, -0.05) is 60.7 Å². The summed E-state index contributed by atoms with van der Waals surface area (Å²) >= 11 is 0. The smallest absolute Gasteiger partial charge is 0.0858 e. The Morgan fingerprint density at radius 1 is 0.700 bits per heavy atom. The lowest BCUT2D eigenvalue weighted by Crippen LogP contribution is -2.35. The summed E-state index contributed by atoms with van der Waals surface area (Å²) in [5, 5.41) is 0. The molecule has 30 heavy (non-hydrogen) atoms. The van der Waals surface area contributed by atoms with Crippen molar-refractivity contribution in [2.24, 2.45) is 0 Å². The van der Waals surface area contributed by atoms with Crippen molar-refractivity contribution in [3.05, 3.63) is 71.8 Å². The van der Waals surface area contributed by atoms with Crippen LogP contribution < -0.4 is 0 Å². The van der Waals surface area contributed by atoms with Crippen molar-refractivity contribution in [1.29, 1.82) is 0 Å². The molecule has 0 unspecified atom stereocenters. The van der Waals surface area contributed by atoms with Crippen LogP contribution in [0.3, 0.4) is 0 Å². The molecule has 0 amide bonds. The van der Waals surface area contributed by atoms with E-state index >= 15 is 0 Å². The molecule has 0 saturated heterocycles. The second-order valence-electron chi connectivity index (χ2n) is 9.08. The molecule has 0 heterocycles. The Morgan fingerprint density at radius 3 is 1.70 bits per heavy atom. The van der Waals surface area contributed by atoms with E-state index in [4.69, 9.17) is 14.2 Å². The van der Waals surface area contributed by atoms with Gasteiger partial charge in [0.05, 0.1) is 31.0 Å². The SMILES string of the molecule is COCC(C)(C)OCCC(C)(C)OCCN(Cc1ccccc1)Cc1ccccc1. The maximum atomic E-state index is 6.26. The van der Waals surface area contributed by atoms with Gasteiger partial charge < -0.3 is 14.2 Å². The van der Waals surface area contributed by atoms with Crippen molar-refractivity contribution in [2.75, 3.05) is 33.5 Å². The van der Waals surface area contributed by atoms with Gasteiger partial charge in [0, 0.05) is 26.7 Å². The fourth-order valence-electron chi connectivity index (χ4n) is 3.38. The molecule has 2 rings (SSSR count). The van der Waals surface area contributed by atoms with E-state index in [1.807, 2.05) is 0 Å². The quantitative estimate of drug-likeness (QED) is 0.420. The Bertz CT molecular complexity index is 659. The number of ether oxygens (including phenoxy) is 3. The van der Waals surface area contributed by atoms with Gasteiger partial charge in [0.2, 0.25) is 0 Å². The van der Waals surface area contributed by atoms with Crippen LogP contribution in [0.4, 0.5) is 0 Å². The first-order valence-electron chi connectivity index (χ1n) is 10.9. The molecule has 2 aromatic rings. The van der Waals surface area contributed by atoms with Crippen molar-refractivity contribution in [1.82, 2.24) is 4.90 Å². The molecule has 166 valence electrons. The summed E-state index contributed by atoms with van der Waals surface area (Å²) in [5.41, 5.74) is 2.14. The Balaban J connectivity index is 1.84. The summed E-state index contributed by atoms with van der Waals surface area (Å²) in [5.74, 6) is 0. The van der Waals surface area contributed by atoms with E-state index in [1.54, 1.807) is 7.11 Å². The van der Waals surface area contributed by atoms with Crippen molar-refractivity contribution >= 4 is 0 Å². The van der Waals surface area contributed by atoms with Crippen LogP contribution in [-0.4, -0.2) is 49.6 Å². The average molecular weight is 414 g/mol. The van der Waals surface area contributed by atoms with E-state index in [0.29, 0.717) is 19.8 Å². The van der Waals surface area contributed by atoms with Gasteiger partial charge in [0.25, 0.3) is 0 Å². The molecular formula is C26H39NO3. The largest absolute Gasteiger partial charge is 0.382 e. The maximum absolute atomic E-state index is 6.26. The van der Waals surface area contributed by atoms with E-state index in [-0.39, 0.29) is 11.2 Å². The van der Waals surface area contributed by atoms with Gasteiger partial charge in [0.15, 0.2) is 0 Å². The molecule has 2 aromatic carbocycles. The minimum atomic E-state index is -0.271. The molecule has 4 nitrogen and oxygen atoms in total. The van der Waals surface area contributed by atoms with Crippen LogP contribution in [0.1, 0.15) is 45.2 Å². The van der Waals surface area contributed by atoms with E-state index in [0.717, 1.165) is 26.1 Å². The molecule has 0 fully saturated rings. The average Bonchev–Trinajstić information content (AvgIpc) is 2.69. The standard InChI is InChI=1S/C26H39NO3/c1-25(2,16-18-29-26(3,4)22-28-5)30-19-17-27(20-23-12-8-6-9-13-23)21-24-14-10-7-11-15-24/h6-15H,16-22H2,1-5H3. The number of hydrogen-bond donors (Lipinski definition) is 0. The van der Waals surface area contributed by atoms with Crippen LogP contribution in [0.25, 0.3) is 0 Å². The van der Waals surface area contributed by atoms with Gasteiger partial charge in [-0.05, 0) is 45.2 Å². The molecule has 0 aliphatic carbocycles. The molecular weight excluding hydrogens is 374 g/mol. The first-order valence-corrected chi connectivity index (χ1v) is 10.9. The molecule has 4 heteroatoms. The highest BCUT2D eigenvalue weighted by atomic mass is 16.5. The number of rotatable bonds is 14. The lowest BCUT2D eigenvalue weighted by Gasteiger charge is -2.30. The number of nitrogens with zero attached hydrogens (tertiary/aromatic N) is 1. The highest BCUT2D eigenvalue weighted by Gasteiger charge is 2.23. The van der Waals surface area contributed by atoms with E-state index < -0.39 is 0 Å². The highest BCUT2D eigenvalue weighted by Crippen LogP contribution is 2.18. The Kier molecular flexibility index (Phi) is 9.99. The Labute approximate surface area is 183 Å². The van der Waals surface area contributed by atoms with Gasteiger partial charge in [-0.25, -0.2) is 0 Å². The van der Waals surface area contributed by atoms with Gasteiger partial charge in [-0.3, -0.25) is 4.90 Å². The molecule has 0 N–H and O–H groups in total. The zero-order chi connectivity index (χ0) is 21.9. The fraction of sp³-hybridized carbons (Fsp3) is 0.538. The van der Waals surface area contributed by atoms with Crippen LogP contribution in [-0.2, 0) is 27.3 Å². The van der Waals surface area contributed by atoms with Gasteiger partial charge in [0.1, 0.15) is 0 Å². The monoisotopic (exact) mass is 413 g/mol. The third kappa shape index (κ3) is 9.86. The summed E-state index contributed by atoms with van der Waals surface area (Å²) in [6.45, 7) is 13.0. The molecule has 0 radical (unpaired) electrons. The molecule has 0 atom stereocenters. The van der Waals surface area contributed by atoms with Crippen molar-refractivity contribution in [3.8, 4) is 0 Å². The van der Waals surface area contributed by atoms with Crippen LogP contribution in [0.15, 0.2) is 60.7 Å². The van der Waals surface area contributed by atoms with Crippen molar-refractivity contribution in [3.63, 3.8) is 0 Å². The zero-order valence-electron chi connectivity index (χ0n) is 19.4. The van der Waals surface area contributed by atoms with E-state index in [2.05, 4.69) is 93.3 Å². The van der Waals surface area contributed by atoms with Crippen molar-refractivity contribution in [2.45, 2.75) is 58.4 Å². The van der Waals surface area contributed by atoms with Crippen LogP contribution in [0, 0.1) is 0 Å². The molecule has 0 aliphatic heterocycles. The highest BCUT2D eigenvalue weighted by molar-refractivity contribution is 5.17. The minimum absolute atomic E-state index is 0.228. The van der Waals surface area contributed by atoms with Gasteiger partial charge in [-0.15, -0.1) is 0 Å². The van der Waals surface area contributed by atoms with Crippen LogP contribution in [0.5, 0.6) is 0 Å². The van der Waals surface area contributed by atoms with Gasteiger partial charge in [-0.2, -0.15) is 0 Å². The fourth-order valence-corrected chi connectivity index (χ4v) is 3.38. The zero-order valence-corrected chi connectivity index (χ0v) is 19.4. The number of hydrogen-bond acceptors (Lipinski definition) is 4. The first-order chi connectivity index (χ1) is 14.3. The third-order valence-corrected chi connectivity index (χ3v) is 5.09. The second kappa shape index (κ2) is 12.2. The summed E-state index contributed by atoms with van der Waals surface area (Å²) in [7, 11) is 1.70. The molecule has 0 bridgehead atoms. The Hall–Kier alpha value is -1.72. The number of methoxy groups -OCH3 is 1. The summed E-state index contributed by atoms with van der Waals surface area (Å²) in [4.78, 5) is 2.44. The molecule has 0 aromatic heterocycles. The normalized spacial score (nSPS) is 12.5. The summed E-state index contributed by atoms with van der Waals surface area (Å²) in [6.07, 6.45) is 0.845. The Morgan fingerprint density at radius 2 is 1.20 bits per heavy atom. The molecule has 0 saturated carbocycles. The molecule has 0 aliphatic rings.